The number of ether oxygens (including phenoxy) is 2. The van der Waals surface area contributed by atoms with Gasteiger partial charge < -0.3 is 9.47 Å². The van der Waals surface area contributed by atoms with Crippen LogP contribution >= 0.6 is 0 Å². The zero-order valence-corrected chi connectivity index (χ0v) is 10.6. The van der Waals surface area contributed by atoms with Crippen molar-refractivity contribution in [2.24, 2.45) is 0 Å². The first kappa shape index (κ1) is 12.6. The van der Waals surface area contributed by atoms with E-state index < -0.39 is 5.97 Å². The molecule has 4 heteroatoms. The van der Waals surface area contributed by atoms with E-state index in [1.54, 1.807) is 12.1 Å². The van der Waals surface area contributed by atoms with E-state index in [4.69, 9.17) is 9.47 Å². The number of ketones is 1. The van der Waals surface area contributed by atoms with E-state index >= 15 is 0 Å². The predicted molar refractivity (Wildman–Crippen MR) is 66.2 cm³/mol. The van der Waals surface area contributed by atoms with Crippen molar-refractivity contribution in [2.75, 3.05) is 14.2 Å². The smallest absolute Gasteiger partial charge is 0.341 e. The molecule has 18 heavy (non-hydrogen) atoms. The van der Waals surface area contributed by atoms with Crippen molar-refractivity contribution >= 4 is 11.8 Å². The molecule has 0 radical (unpaired) electrons. The fourth-order valence-electron chi connectivity index (χ4n) is 2.36. The maximum absolute atomic E-state index is 12.0. The molecule has 0 atom stereocenters. The molecule has 4 nitrogen and oxygen atoms in total. The summed E-state index contributed by atoms with van der Waals surface area (Å²) in [6.07, 6.45) is 3.13. The summed E-state index contributed by atoms with van der Waals surface area (Å²) < 4.78 is 10.0. The van der Waals surface area contributed by atoms with Crippen molar-refractivity contribution in [1.29, 1.82) is 0 Å². The highest BCUT2D eigenvalue weighted by Gasteiger charge is 2.23. The van der Waals surface area contributed by atoms with Gasteiger partial charge in [0, 0.05) is 17.5 Å². The SMILES string of the molecule is COC(=O)c1ccc2c(c1OC)CCCCC2=O. The second-order valence-corrected chi connectivity index (χ2v) is 4.29. The van der Waals surface area contributed by atoms with Gasteiger partial charge in [0.1, 0.15) is 11.3 Å². The largest absolute Gasteiger partial charge is 0.496 e. The maximum atomic E-state index is 12.0. The number of carbonyl (C=O) groups is 2. The van der Waals surface area contributed by atoms with E-state index in [1.165, 1.54) is 14.2 Å². The van der Waals surface area contributed by atoms with Crippen molar-refractivity contribution < 1.29 is 19.1 Å². The number of carbonyl (C=O) groups excluding carboxylic acids is 2. The Labute approximate surface area is 106 Å². The molecule has 1 aliphatic carbocycles. The van der Waals surface area contributed by atoms with Crippen LogP contribution in [0.3, 0.4) is 0 Å². The molecule has 1 aliphatic rings. The normalized spacial score (nSPS) is 14.7. The third-order valence-corrected chi connectivity index (χ3v) is 3.25. The lowest BCUT2D eigenvalue weighted by molar-refractivity contribution is 0.0596. The summed E-state index contributed by atoms with van der Waals surface area (Å²) >= 11 is 0. The Morgan fingerprint density at radius 2 is 1.89 bits per heavy atom. The molecule has 0 bridgehead atoms. The van der Waals surface area contributed by atoms with Crippen LogP contribution in [0.4, 0.5) is 0 Å². The lowest BCUT2D eigenvalue weighted by Gasteiger charge is -2.14. The first-order valence-corrected chi connectivity index (χ1v) is 6.00. The minimum absolute atomic E-state index is 0.122. The van der Waals surface area contributed by atoms with E-state index in [1.807, 2.05) is 0 Å². The molecular formula is C14H16O4. The lowest BCUT2D eigenvalue weighted by Crippen LogP contribution is -2.09. The fourth-order valence-corrected chi connectivity index (χ4v) is 2.36. The molecule has 0 amide bonds. The highest BCUT2D eigenvalue weighted by Crippen LogP contribution is 2.32. The quantitative estimate of drug-likeness (QED) is 0.595. The third-order valence-electron chi connectivity index (χ3n) is 3.25. The summed E-state index contributed by atoms with van der Waals surface area (Å²) in [6.45, 7) is 0. The molecule has 0 heterocycles. The average molecular weight is 248 g/mol. The molecule has 0 saturated carbocycles. The second-order valence-electron chi connectivity index (χ2n) is 4.29. The van der Waals surface area contributed by atoms with Crippen LogP contribution in [0.5, 0.6) is 5.75 Å². The van der Waals surface area contributed by atoms with Crippen LogP contribution in [0.25, 0.3) is 0 Å². The van der Waals surface area contributed by atoms with Gasteiger partial charge in [-0.05, 0) is 25.3 Å². The van der Waals surface area contributed by atoms with E-state index in [0.29, 0.717) is 23.3 Å². The topological polar surface area (TPSA) is 52.6 Å². The maximum Gasteiger partial charge on any atom is 0.341 e. The van der Waals surface area contributed by atoms with Gasteiger partial charge in [-0.3, -0.25) is 4.79 Å². The zero-order chi connectivity index (χ0) is 13.1. The van der Waals surface area contributed by atoms with Crippen LogP contribution in [-0.4, -0.2) is 26.0 Å². The van der Waals surface area contributed by atoms with Crippen molar-refractivity contribution in [3.63, 3.8) is 0 Å². The summed E-state index contributed by atoms with van der Waals surface area (Å²) in [7, 11) is 2.84. The van der Waals surface area contributed by atoms with E-state index in [0.717, 1.165) is 24.8 Å². The number of rotatable bonds is 2. The van der Waals surface area contributed by atoms with Gasteiger partial charge in [-0.1, -0.05) is 6.07 Å². The molecule has 0 spiro atoms. The summed E-state index contributed by atoms with van der Waals surface area (Å²) in [5, 5.41) is 0. The molecule has 1 aromatic rings. The second kappa shape index (κ2) is 5.21. The van der Waals surface area contributed by atoms with Gasteiger partial charge in [0.2, 0.25) is 0 Å². The van der Waals surface area contributed by atoms with Crippen LogP contribution in [0.2, 0.25) is 0 Å². The Bertz CT molecular complexity index is 491. The minimum Gasteiger partial charge on any atom is -0.496 e. The number of hydrogen-bond donors (Lipinski definition) is 0. The molecule has 0 aromatic heterocycles. The number of fused-ring (bicyclic) bond motifs is 1. The predicted octanol–water partition coefficient (Wildman–Crippen LogP) is 2.39. The number of methoxy groups -OCH3 is 2. The summed E-state index contributed by atoms with van der Waals surface area (Å²) in [4.78, 5) is 23.6. The summed E-state index contributed by atoms with van der Waals surface area (Å²) in [5.41, 5.74) is 1.90. The van der Waals surface area contributed by atoms with E-state index in [9.17, 15) is 9.59 Å². The highest BCUT2D eigenvalue weighted by molar-refractivity contribution is 6.01. The molecule has 0 saturated heterocycles. The highest BCUT2D eigenvalue weighted by atomic mass is 16.5. The van der Waals surface area contributed by atoms with Gasteiger partial charge in [0.05, 0.1) is 14.2 Å². The lowest BCUT2D eigenvalue weighted by atomic mass is 9.97. The summed E-state index contributed by atoms with van der Waals surface area (Å²) in [5.74, 6) is 0.165. The van der Waals surface area contributed by atoms with Gasteiger partial charge in [0.25, 0.3) is 0 Å². The first-order valence-electron chi connectivity index (χ1n) is 6.00. The van der Waals surface area contributed by atoms with Crippen molar-refractivity contribution in [2.45, 2.75) is 25.7 Å². The summed E-state index contributed by atoms with van der Waals surface area (Å²) in [6, 6.07) is 3.31. The molecule has 2 rings (SSSR count). The molecule has 0 fully saturated rings. The number of benzene rings is 1. The van der Waals surface area contributed by atoms with Crippen LogP contribution < -0.4 is 4.74 Å². The van der Waals surface area contributed by atoms with E-state index in [-0.39, 0.29) is 5.78 Å². The van der Waals surface area contributed by atoms with Crippen LogP contribution in [0.15, 0.2) is 12.1 Å². The average Bonchev–Trinajstić information content (AvgIpc) is 2.59. The standard InChI is InChI=1S/C14H16O4/c1-17-13-10-5-3-4-6-12(15)9(10)7-8-11(13)14(16)18-2/h7-8H,3-6H2,1-2H3. The van der Waals surface area contributed by atoms with Crippen LogP contribution in [0.1, 0.15) is 45.5 Å². The van der Waals surface area contributed by atoms with E-state index in [2.05, 4.69) is 0 Å². The zero-order valence-electron chi connectivity index (χ0n) is 10.6. The van der Waals surface area contributed by atoms with Gasteiger partial charge in [-0.15, -0.1) is 0 Å². The van der Waals surface area contributed by atoms with Gasteiger partial charge in [0.15, 0.2) is 5.78 Å². The Morgan fingerprint density at radius 1 is 1.17 bits per heavy atom. The minimum atomic E-state index is -0.439. The molecule has 0 unspecified atom stereocenters. The van der Waals surface area contributed by atoms with Crippen LogP contribution in [-0.2, 0) is 11.2 Å². The number of Topliss-reactive ketones (excluding diaryl/α,β-unsaturated/α-hetero) is 1. The molecule has 0 aliphatic heterocycles. The van der Waals surface area contributed by atoms with Crippen molar-refractivity contribution in [3.05, 3.63) is 28.8 Å². The Balaban J connectivity index is 2.59. The van der Waals surface area contributed by atoms with Crippen LogP contribution in [0, 0.1) is 0 Å². The molecule has 0 N–H and O–H groups in total. The monoisotopic (exact) mass is 248 g/mol. The van der Waals surface area contributed by atoms with Gasteiger partial charge >= 0.3 is 5.97 Å². The Kier molecular flexibility index (Phi) is 3.65. The fraction of sp³-hybridized carbons (Fsp3) is 0.429. The number of esters is 1. The molecule has 1 aromatic carbocycles. The first-order chi connectivity index (χ1) is 8.69. The molecular weight excluding hydrogens is 232 g/mol. The number of hydrogen-bond acceptors (Lipinski definition) is 4. The van der Waals surface area contributed by atoms with Crippen molar-refractivity contribution in [3.8, 4) is 5.75 Å². The molecule has 96 valence electrons. The van der Waals surface area contributed by atoms with Crippen molar-refractivity contribution in [1.82, 2.24) is 0 Å². The van der Waals surface area contributed by atoms with Gasteiger partial charge in [-0.2, -0.15) is 0 Å². The third kappa shape index (κ3) is 2.10. The Hall–Kier alpha value is -1.84. The van der Waals surface area contributed by atoms with Gasteiger partial charge in [-0.25, -0.2) is 4.79 Å². The Morgan fingerprint density at radius 3 is 2.56 bits per heavy atom.